The first-order chi connectivity index (χ1) is 8.08. The topological polar surface area (TPSA) is 50.2 Å². The van der Waals surface area contributed by atoms with Gasteiger partial charge in [0.2, 0.25) is 0 Å². The number of pyridine rings is 1. The number of rotatable bonds is 2. The van der Waals surface area contributed by atoms with Gasteiger partial charge in [0.15, 0.2) is 0 Å². The first-order valence-electron chi connectivity index (χ1n) is 4.71. The number of hydrogen-bond acceptors (Lipinski definition) is 2. The van der Waals surface area contributed by atoms with Crippen molar-refractivity contribution in [3.05, 3.63) is 52.5 Å². The van der Waals surface area contributed by atoms with E-state index in [4.69, 9.17) is 5.11 Å². The molecule has 0 atom stereocenters. The standard InChI is InChI=1S/C12H7BrFNO2/c13-9-1-2-11(14)10(4-9)7-3-8(12(16)17)6-15-5-7/h1-6H,(H,16,17). The number of hydrogen-bond donors (Lipinski definition) is 1. The predicted octanol–water partition coefficient (Wildman–Crippen LogP) is 3.35. The molecule has 0 fully saturated rings. The van der Waals surface area contributed by atoms with Crippen molar-refractivity contribution in [3.8, 4) is 11.1 Å². The number of carboxylic acid groups (broad SMARTS) is 1. The number of nitrogens with zero attached hydrogens (tertiary/aromatic N) is 1. The van der Waals surface area contributed by atoms with E-state index < -0.39 is 11.8 Å². The Morgan fingerprint density at radius 1 is 1.29 bits per heavy atom. The van der Waals surface area contributed by atoms with Gasteiger partial charge in [0.25, 0.3) is 0 Å². The van der Waals surface area contributed by atoms with Gasteiger partial charge in [-0.1, -0.05) is 15.9 Å². The molecule has 1 heterocycles. The van der Waals surface area contributed by atoms with Crippen molar-refractivity contribution < 1.29 is 14.3 Å². The highest BCUT2D eigenvalue weighted by Crippen LogP contribution is 2.26. The maximum Gasteiger partial charge on any atom is 0.337 e. The van der Waals surface area contributed by atoms with Crippen LogP contribution in [0.3, 0.4) is 0 Å². The monoisotopic (exact) mass is 295 g/mol. The maximum absolute atomic E-state index is 13.6. The molecule has 2 rings (SSSR count). The van der Waals surface area contributed by atoms with Gasteiger partial charge in [0.05, 0.1) is 5.56 Å². The Kier molecular flexibility index (Phi) is 3.19. The van der Waals surface area contributed by atoms with Gasteiger partial charge >= 0.3 is 5.97 Å². The third-order valence-corrected chi connectivity index (χ3v) is 2.72. The second-order valence-corrected chi connectivity index (χ2v) is 4.31. The summed E-state index contributed by atoms with van der Waals surface area (Å²) in [7, 11) is 0. The number of carboxylic acids is 1. The van der Waals surface area contributed by atoms with Crippen molar-refractivity contribution in [2.75, 3.05) is 0 Å². The van der Waals surface area contributed by atoms with E-state index >= 15 is 0 Å². The molecule has 3 nitrogen and oxygen atoms in total. The summed E-state index contributed by atoms with van der Waals surface area (Å²) in [5.74, 6) is -1.51. The molecule has 0 amide bonds. The Labute approximate surface area is 105 Å². The highest BCUT2D eigenvalue weighted by molar-refractivity contribution is 9.10. The Morgan fingerprint density at radius 2 is 2.06 bits per heavy atom. The average molecular weight is 296 g/mol. The second kappa shape index (κ2) is 4.63. The molecular formula is C12H7BrFNO2. The van der Waals surface area contributed by atoms with Crippen LogP contribution >= 0.6 is 15.9 Å². The molecular weight excluding hydrogens is 289 g/mol. The molecule has 0 bridgehead atoms. The van der Waals surface area contributed by atoms with E-state index in [1.165, 1.54) is 24.5 Å². The van der Waals surface area contributed by atoms with Crippen molar-refractivity contribution in [1.29, 1.82) is 0 Å². The first kappa shape index (κ1) is 11.7. The molecule has 0 aliphatic heterocycles. The van der Waals surface area contributed by atoms with E-state index in [0.29, 0.717) is 11.1 Å². The summed E-state index contributed by atoms with van der Waals surface area (Å²) in [6, 6.07) is 5.86. The summed E-state index contributed by atoms with van der Waals surface area (Å²) < 4.78 is 14.3. The van der Waals surface area contributed by atoms with Crippen LogP contribution < -0.4 is 0 Å². The number of aromatic carboxylic acids is 1. The average Bonchev–Trinajstić information content (AvgIpc) is 2.32. The van der Waals surface area contributed by atoms with Gasteiger partial charge in [-0.15, -0.1) is 0 Å². The van der Waals surface area contributed by atoms with E-state index in [1.54, 1.807) is 12.1 Å². The van der Waals surface area contributed by atoms with Crippen LogP contribution in [0, 0.1) is 5.82 Å². The number of aromatic nitrogens is 1. The highest BCUT2D eigenvalue weighted by Gasteiger charge is 2.09. The van der Waals surface area contributed by atoms with Crippen LogP contribution in [-0.4, -0.2) is 16.1 Å². The predicted molar refractivity (Wildman–Crippen MR) is 64.3 cm³/mol. The minimum Gasteiger partial charge on any atom is -0.478 e. The molecule has 0 radical (unpaired) electrons. The van der Waals surface area contributed by atoms with Gasteiger partial charge in [0.1, 0.15) is 5.82 Å². The van der Waals surface area contributed by atoms with Crippen LogP contribution in [-0.2, 0) is 0 Å². The summed E-state index contributed by atoms with van der Waals surface area (Å²) in [5.41, 5.74) is 0.778. The van der Waals surface area contributed by atoms with Crippen LogP contribution in [0.5, 0.6) is 0 Å². The zero-order valence-electron chi connectivity index (χ0n) is 8.52. The Hall–Kier alpha value is -1.75. The lowest BCUT2D eigenvalue weighted by molar-refractivity contribution is 0.0696. The van der Waals surface area contributed by atoms with Gasteiger partial charge in [-0.25, -0.2) is 9.18 Å². The van der Waals surface area contributed by atoms with Gasteiger partial charge in [-0.05, 0) is 24.3 Å². The van der Waals surface area contributed by atoms with E-state index in [-0.39, 0.29) is 5.56 Å². The molecule has 1 aromatic heterocycles. The molecule has 0 saturated heterocycles. The van der Waals surface area contributed by atoms with Gasteiger partial charge in [0, 0.05) is 28.0 Å². The SMILES string of the molecule is O=C(O)c1cncc(-c2cc(Br)ccc2F)c1. The molecule has 0 aliphatic carbocycles. The molecule has 0 unspecified atom stereocenters. The summed E-state index contributed by atoms with van der Waals surface area (Å²) in [5, 5.41) is 8.84. The highest BCUT2D eigenvalue weighted by atomic mass is 79.9. The van der Waals surface area contributed by atoms with Crippen LogP contribution in [0.2, 0.25) is 0 Å². The van der Waals surface area contributed by atoms with E-state index in [9.17, 15) is 9.18 Å². The molecule has 0 saturated carbocycles. The van der Waals surface area contributed by atoms with Gasteiger partial charge in [-0.3, -0.25) is 4.98 Å². The van der Waals surface area contributed by atoms with Crippen LogP contribution in [0.4, 0.5) is 4.39 Å². The Balaban J connectivity index is 2.56. The molecule has 86 valence electrons. The summed E-state index contributed by atoms with van der Waals surface area (Å²) in [6.45, 7) is 0. The number of halogens is 2. The Bertz CT molecular complexity index is 586. The largest absolute Gasteiger partial charge is 0.478 e. The molecule has 2 aromatic rings. The number of benzene rings is 1. The van der Waals surface area contributed by atoms with Crippen LogP contribution in [0.15, 0.2) is 41.1 Å². The van der Waals surface area contributed by atoms with Crippen LogP contribution in [0.1, 0.15) is 10.4 Å². The van der Waals surface area contributed by atoms with Crippen molar-refractivity contribution in [3.63, 3.8) is 0 Å². The van der Waals surface area contributed by atoms with E-state index in [0.717, 1.165) is 4.47 Å². The minimum absolute atomic E-state index is 0.0295. The zero-order valence-corrected chi connectivity index (χ0v) is 10.1. The third-order valence-electron chi connectivity index (χ3n) is 2.22. The fourth-order valence-electron chi connectivity index (χ4n) is 1.42. The second-order valence-electron chi connectivity index (χ2n) is 3.39. The van der Waals surface area contributed by atoms with Gasteiger partial charge in [-0.2, -0.15) is 0 Å². The molecule has 17 heavy (non-hydrogen) atoms. The third kappa shape index (κ3) is 2.50. The normalized spacial score (nSPS) is 10.2. The summed E-state index contributed by atoms with van der Waals surface area (Å²) in [4.78, 5) is 14.6. The van der Waals surface area contributed by atoms with Crippen molar-refractivity contribution >= 4 is 21.9 Å². The molecule has 0 aliphatic rings. The number of carbonyl (C=O) groups is 1. The molecule has 5 heteroatoms. The lowest BCUT2D eigenvalue weighted by atomic mass is 10.1. The van der Waals surface area contributed by atoms with E-state index in [1.807, 2.05) is 0 Å². The summed E-state index contributed by atoms with van der Waals surface area (Å²) in [6.07, 6.45) is 2.65. The summed E-state index contributed by atoms with van der Waals surface area (Å²) >= 11 is 3.24. The smallest absolute Gasteiger partial charge is 0.337 e. The van der Waals surface area contributed by atoms with Gasteiger partial charge < -0.3 is 5.11 Å². The van der Waals surface area contributed by atoms with E-state index in [2.05, 4.69) is 20.9 Å². The lowest BCUT2D eigenvalue weighted by Gasteiger charge is -2.04. The quantitative estimate of drug-likeness (QED) is 0.924. The molecule has 1 aromatic carbocycles. The fourth-order valence-corrected chi connectivity index (χ4v) is 1.78. The minimum atomic E-state index is -1.09. The molecule has 1 N–H and O–H groups in total. The first-order valence-corrected chi connectivity index (χ1v) is 5.51. The maximum atomic E-state index is 13.6. The lowest BCUT2D eigenvalue weighted by Crippen LogP contribution is -1.97. The fraction of sp³-hybridized carbons (Fsp3) is 0. The van der Waals surface area contributed by atoms with Crippen molar-refractivity contribution in [2.45, 2.75) is 0 Å². The Morgan fingerprint density at radius 3 is 2.76 bits per heavy atom. The van der Waals surface area contributed by atoms with Crippen molar-refractivity contribution in [2.24, 2.45) is 0 Å². The van der Waals surface area contributed by atoms with Crippen molar-refractivity contribution in [1.82, 2.24) is 4.98 Å². The van der Waals surface area contributed by atoms with Crippen LogP contribution in [0.25, 0.3) is 11.1 Å². The zero-order chi connectivity index (χ0) is 12.4. The molecule has 0 spiro atoms.